The molecule has 0 spiro atoms. The maximum atomic E-state index is 12.4. The maximum absolute atomic E-state index is 12.4. The highest BCUT2D eigenvalue weighted by molar-refractivity contribution is 6.01. The molecule has 2 N–H and O–H groups in total. The van der Waals surface area contributed by atoms with Crippen molar-refractivity contribution in [2.75, 3.05) is 31.1 Å². The molecule has 11 nitrogen and oxygen atoms in total. The van der Waals surface area contributed by atoms with E-state index in [1.165, 1.54) is 23.3 Å². The van der Waals surface area contributed by atoms with Crippen molar-refractivity contribution in [1.82, 2.24) is 4.58 Å². The predicted octanol–water partition coefficient (Wildman–Crippen LogP) is -1.09. The molecule has 0 radical (unpaired) electrons. The summed E-state index contributed by atoms with van der Waals surface area (Å²) >= 11 is 0. The van der Waals surface area contributed by atoms with Gasteiger partial charge in [-0.15, -0.1) is 10.2 Å². The molecule has 0 aliphatic carbocycles. The highest BCUT2D eigenvalue weighted by Gasteiger charge is 2.29. The van der Waals surface area contributed by atoms with Gasteiger partial charge in [-0.2, -0.15) is 0 Å². The van der Waals surface area contributed by atoms with E-state index >= 15 is 0 Å². The molecule has 43 heavy (non-hydrogen) atoms. The number of nitrogens with zero attached hydrogens (tertiary/aromatic N) is 2. The largest absolute Gasteiger partial charge is 0.478 e. The van der Waals surface area contributed by atoms with Gasteiger partial charge in [0.1, 0.15) is 24.6 Å². The summed E-state index contributed by atoms with van der Waals surface area (Å²) in [6.45, 7) is 8.09. The van der Waals surface area contributed by atoms with Gasteiger partial charge in [0, 0.05) is 53.2 Å². The summed E-state index contributed by atoms with van der Waals surface area (Å²) in [5.41, 5.74) is 5.65. The minimum Gasteiger partial charge on any atom is -0.478 e. The van der Waals surface area contributed by atoms with E-state index in [2.05, 4.69) is 47.6 Å². The lowest BCUT2D eigenvalue weighted by molar-refractivity contribution is -2.00. The van der Waals surface area contributed by atoms with Gasteiger partial charge in [-0.1, -0.05) is 6.07 Å². The van der Waals surface area contributed by atoms with Crippen LogP contribution in [0.3, 0.4) is 0 Å². The number of rotatable bonds is 5. The van der Waals surface area contributed by atoms with Crippen LogP contribution in [0.25, 0.3) is 5.57 Å². The molecule has 3 aliphatic heterocycles. The zero-order valence-corrected chi connectivity index (χ0v) is 24.5. The lowest BCUT2D eigenvalue weighted by Crippen LogP contribution is -2.68. The molecule has 0 saturated carbocycles. The molecule has 3 heterocycles. The minimum atomic E-state index is -4.94. The Bertz CT molecular complexity index is 1740. The molecule has 0 atom stereocenters. The van der Waals surface area contributed by atoms with Crippen LogP contribution < -0.4 is 43.4 Å². The van der Waals surface area contributed by atoms with E-state index in [1.807, 2.05) is 0 Å². The van der Waals surface area contributed by atoms with Crippen LogP contribution in [0.2, 0.25) is 0 Å². The third-order valence-electron chi connectivity index (χ3n) is 8.08. The van der Waals surface area contributed by atoms with Crippen LogP contribution in [0.1, 0.15) is 69.7 Å². The van der Waals surface area contributed by atoms with E-state index in [-0.39, 0.29) is 11.1 Å². The highest BCUT2D eigenvalue weighted by Crippen LogP contribution is 2.42. The molecule has 3 aromatic carbocycles. The second-order valence-electron chi connectivity index (χ2n) is 10.5. The van der Waals surface area contributed by atoms with Crippen molar-refractivity contribution in [3.05, 3.63) is 86.4 Å². The number of carboxylic acids is 2. The normalized spacial score (nSPS) is 15.3. The number of aromatic carboxylic acids is 2. The first kappa shape index (κ1) is 30.5. The number of carboxylic acid groups (broad SMARTS) is 2. The summed E-state index contributed by atoms with van der Waals surface area (Å²) < 4.78 is 42.9. The fourth-order valence-electron chi connectivity index (χ4n) is 6.22. The van der Waals surface area contributed by atoms with E-state index in [9.17, 15) is 19.8 Å². The van der Waals surface area contributed by atoms with Gasteiger partial charge < -0.3 is 19.8 Å². The molecule has 0 fully saturated rings. The number of ether oxygens (including phenoxy) is 1. The molecule has 3 aromatic rings. The standard InChI is InChI=1S/C31H30N2O5.ClHO4/c1-3-32-11-5-7-18-13-23-27(16-25(18)32)38-28-17-26-19(8-6-12-33(26)4-2)14-24(28)29(23)21-10-9-20(30(34)35)15-22(21)31(36)37;2-1(3,4)5/h9-10,13-17H,3-8,11-12H2,1-2H3,(H-,34,35,36,37);(H,2,3,4,5). The Morgan fingerprint density at radius 2 is 1.63 bits per heavy atom. The fourth-order valence-corrected chi connectivity index (χ4v) is 6.22. The van der Waals surface area contributed by atoms with Crippen molar-refractivity contribution in [1.29, 1.82) is 0 Å². The van der Waals surface area contributed by atoms with Crippen molar-refractivity contribution in [3.63, 3.8) is 0 Å². The van der Waals surface area contributed by atoms with Gasteiger partial charge in [-0.25, -0.2) is 32.8 Å². The molecule has 12 heteroatoms. The van der Waals surface area contributed by atoms with Crippen LogP contribution in [0.5, 0.6) is 11.5 Å². The smallest absolute Gasteiger partial charge is 0.336 e. The Morgan fingerprint density at radius 1 is 0.907 bits per heavy atom. The average molecular weight is 611 g/mol. The Hall–Kier alpha value is -4.00. The van der Waals surface area contributed by atoms with Crippen molar-refractivity contribution in [3.8, 4) is 11.5 Å². The van der Waals surface area contributed by atoms with Crippen molar-refractivity contribution < 1.29 is 53.4 Å². The first-order chi connectivity index (χ1) is 20.4. The second kappa shape index (κ2) is 11.9. The summed E-state index contributed by atoms with van der Waals surface area (Å²) in [6, 6.07) is 12.9. The summed E-state index contributed by atoms with van der Waals surface area (Å²) in [7, 11) is -4.94. The molecule has 0 unspecified atom stereocenters. The fraction of sp³-hybridized carbons (Fsp3) is 0.323. The third kappa shape index (κ3) is 6.22. The Balaban J connectivity index is 0.000000682. The first-order valence-corrected chi connectivity index (χ1v) is 15.2. The minimum absolute atomic E-state index is 0.0282. The molecular weight excluding hydrogens is 580 g/mol. The van der Waals surface area contributed by atoms with Crippen LogP contribution in [0, 0.1) is 10.2 Å². The van der Waals surface area contributed by atoms with E-state index in [0.717, 1.165) is 79.3 Å². The van der Waals surface area contributed by atoms with Crippen LogP contribution in [0.4, 0.5) is 5.69 Å². The highest BCUT2D eigenvalue weighted by atomic mass is 35.7. The van der Waals surface area contributed by atoms with Gasteiger partial charge in [0.25, 0.3) is 0 Å². The van der Waals surface area contributed by atoms with Gasteiger partial charge in [-0.05, 0) is 68.5 Å². The quantitative estimate of drug-likeness (QED) is 0.263. The number of carbonyl (C=O) groups is 2. The number of hydrogen-bond donors (Lipinski definition) is 2. The Morgan fingerprint density at radius 3 is 2.28 bits per heavy atom. The van der Waals surface area contributed by atoms with Crippen LogP contribution in [-0.4, -0.2) is 48.3 Å². The monoisotopic (exact) mass is 610 g/mol. The second-order valence-corrected chi connectivity index (χ2v) is 11.3. The summed E-state index contributed by atoms with van der Waals surface area (Å²) in [6.07, 6.45) is 4.00. The number of hydrogen-bond acceptors (Lipinski definition) is 8. The van der Waals surface area contributed by atoms with E-state index in [4.69, 9.17) is 23.4 Å². The predicted molar refractivity (Wildman–Crippen MR) is 145 cm³/mol. The van der Waals surface area contributed by atoms with E-state index in [1.54, 1.807) is 6.07 Å². The summed E-state index contributed by atoms with van der Waals surface area (Å²) in [4.78, 5) is 26.5. The molecule has 3 aliphatic rings. The number of fused-ring (bicyclic) bond motifs is 4. The molecule has 0 amide bonds. The molecule has 0 bridgehead atoms. The topological polar surface area (TPSA) is 182 Å². The van der Waals surface area contributed by atoms with Crippen molar-refractivity contribution in [2.24, 2.45) is 0 Å². The molecule has 6 rings (SSSR count). The van der Waals surface area contributed by atoms with Crippen LogP contribution >= 0.6 is 0 Å². The molecule has 226 valence electrons. The molecule has 0 saturated heterocycles. The van der Waals surface area contributed by atoms with Gasteiger partial charge >= 0.3 is 11.9 Å². The molecular formula is C31H31ClN2O9. The Kier molecular flexibility index (Phi) is 8.46. The van der Waals surface area contributed by atoms with E-state index < -0.39 is 22.2 Å². The summed E-state index contributed by atoms with van der Waals surface area (Å²) in [5, 5.41) is 21.7. The van der Waals surface area contributed by atoms with Gasteiger partial charge in [0.15, 0.2) is 0 Å². The van der Waals surface area contributed by atoms with Crippen molar-refractivity contribution >= 4 is 23.2 Å². The van der Waals surface area contributed by atoms with Crippen LogP contribution in [0.15, 0.2) is 42.5 Å². The maximum Gasteiger partial charge on any atom is 0.336 e. The Labute approximate surface area is 249 Å². The third-order valence-corrected chi connectivity index (χ3v) is 8.08. The zero-order valence-electron chi connectivity index (χ0n) is 23.7. The molecule has 0 aromatic heterocycles. The number of halogens is 1. The SMILES string of the molecule is CCN1CCCc2cc3c(cc21)Oc1cc2c(cc1=C3c1ccc(C(=O)O)cc1C(=O)O)CCC[N+]=2CC.[O-][Cl+3]([O-])([O-])[O-]. The lowest BCUT2D eigenvalue weighted by Gasteiger charge is -2.32. The van der Waals surface area contributed by atoms with Crippen LogP contribution in [-0.2, 0) is 12.8 Å². The van der Waals surface area contributed by atoms with Gasteiger partial charge in [0.05, 0.1) is 17.2 Å². The summed E-state index contributed by atoms with van der Waals surface area (Å²) in [5.74, 6) is -0.914. The first-order valence-electron chi connectivity index (χ1n) is 14.0. The van der Waals surface area contributed by atoms with Gasteiger partial charge in [0.2, 0.25) is 5.36 Å². The average Bonchev–Trinajstić information content (AvgIpc) is 2.96. The van der Waals surface area contributed by atoms with Crippen molar-refractivity contribution in [2.45, 2.75) is 39.5 Å². The lowest BCUT2D eigenvalue weighted by atomic mass is 9.86. The number of aryl methyl sites for hydroxylation is 2. The van der Waals surface area contributed by atoms with E-state index in [0.29, 0.717) is 17.1 Å². The number of benzene rings is 3. The number of anilines is 1. The zero-order chi connectivity index (χ0) is 31.1. The van der Waals surface area contributed by atoms with Gasteiger partial charge in [-0.3, -0.25) is 0 Å².